The first-order chi connectivity index (χ1) is 14.9. The molecule has 2 aromatic heterocycles. The van der Waals surface area contributed by atoms with Crippen molar-refractivity contribution in [2.24, 2.45) is 0 Å². The Hall–Kier alpha value is -3.13. The van der Waals surface area contributed by atoms with E-state index in [1.807, 2.05) is 0 Å². The van der Waals surface area contributed by atoms with E-state index >= 15 is 0 Å². The van der Waals surface area contributed by atoms with Crippen LogP contribution in [-0.4, -0.2) is 43.0 Å². The molecule has 2 atom stereocenters. The van der Waals surface area contributed by atoms with Crippen LogP contribution in [0, 0.1) is 5.82 Å². The van der Waals surface area contributed by atoms with Gasteiger partial charge in [0.1, 0.15) is 11.9 Å². The van der Waals surface area contributed by atoms with Crippen molar-refractivity contribution >= 4 is 5.97 Å². The van der Waals surface area contributed by atoms with Crippen molar-refractivity contribution in [2.45, 2.75) is 57.7 Å². The third kappa shape index (κ3) is 4.64. The zero-order valence-electron chi connectivity index (χ0n) is 17.5. The molecule has 31 heavy (non-hydrogen) atoms. The smallest absolute Gasteiger partial charge is 0.308 e. The van der Waals surface area contributed by atoms with E-state index < -0.39 is 6.10 Å². The SMILES string of the molecule is CC(C)c1nn(-c2cnccn2)c(-c2ccc(F)cc2)c1CCC1CC(O)CC(=O)O1. The molecular weight excluding hydrogens is 399 g/mol. The Balaban J connectivity index is 1.77. The highest BCUT2D eigenvalue weighted by atomic mass is 19.1. The second-order valence-electron chi connectivity index (χ2n) is 8.09. The number of ether oxygens (including phenoxy) is 1. The number of benzene rings is 1. The van der Waals surface area contributed by atoms with Crippen LogP contribution in [0.2, 0.25) is 0 Å². The number of nitrogens with zero attached hydrogens (tertiary/aromatic N) is 4. The number of rotatable bonds is 6. The molecular formula is C23H25FN4O3. The van der Waals surface area contributed by atoms with Gasteiger partial charge in [-0.05, 0) is 43.0 Å². The molecule has 0 spiro atoms. The number of hydrogen-bond acceptors (Lipinski definition) is 6. The number of aliphatic hydroxyl groups excluding tert-OH is 1. The number of aliphatic hydroxyl groups is 1. The predicted molar refractivity (Wildman–Crippen MR) is 112 cm³/mol. The summed E-state index contributed by atoms with van der Waals surface area (Å²) in [4.78, 5) is 20.3. The lowest BCUT2D eigenvalue weighted by molar-refractivity contribution is -0.160. The highest BCUT2D eigenvalue weighted by Gasteiger charge is 2.29. The van der Waals surface area contributed by atoms with Crippen molar-refractivity contribution in [2.75, 3.05) is 0 Å². The van der Waals surface area contributed by atoms with Crippen molar-refractivity contribution in [1.82, 2.24) is 19.7 Å². The Bertz CT molecular complexity index is 1050. The molecule has 4 rings (SSSR count). The molecule has 0 bridgehead atoms. The van der Waals surface area contributed by atoms with E-state index in [0.717, 1.165) is 22.5 Å². The Morgan fingerprint density at radius 3 is 2.68 bits per heavy atom. The quantitative estimate of drug-likeness (QED) is 0.608. The number of carbonyl (C=O) groups excluding carboxylic acids is 1. The number of halogens is 1. The molecule has 1 aromatic carbocycles. The first-order valence-corrected chi connectivity index (χ1v) is 10.4. The lowest BCUT2D eigenvalue weighted by atomic mass is 9.93. The van der Waals surface area contributed by atoms with Crippen LogP contribution >= 0.6 is 0 Å². The molecule has 3 heterocycles. The highest BCUT2D eigenvalue weighted by Crippen LogP contribution is 2.34. The molecule has 1 saturated heterocycles. The van der Waals surface area contributed by atoms with Crippen molar-refractivity contribution in [3.63, 3.8) is 0 Å². The minimum absolute atomic E-state index is 0.0409. The van der Waals surface area contributed by atoms with Gasteiger partial charge in [0.05, 0.1) is 30.1 Å². The average molecular weight is 424 g/mol. The largest absolute Gasteiger partial charge is 0.462 e. The molecule has 162 valence electrons. The van der Waals surface area contributed by atoms with Crippen LogP contribution in [0.3, 0.4) is 0 Å². The minimum atomic E-state index is -0.672. The molecule has 0 saturated carbocycles. The van der Waals surface area contributed by atoms with E-state index in [-0.39, 0.29) is 30.2 Å². The Morgan fingerprint density at radius 2 is 2.03 bits per heavy atom. The molecule has 1 fully saturated rings. The monoisotopic (exact) mass is 424 g/mol. The fraction of sp³-hybridized carbons (Fsp3) is 0.391. The molecule has 3 aromatic rings. The average Bonchev–Trinajstić information content (AvgIpc) is 3.12. The lowest BCUT2D eigenvalue weighted by Crippen LogP contribution is -2.32. The topological polar surface area (TPSA) is 90.1 Å². The van der Waals surface area contributed by atoms with E-state index in [9.17, 15) is 14.3 Å². The summed E-state index contributed by atoms with van der Waals surface area (Å²) in [6, 6.07) is 6.28. The molecule has 1 aliphatic rings. The molecule has 0 radical (unpaired) electrons. The fourth-order valence-electron chi connectivity index (χ4n) is 3.99. The number of carbonyl (C=O) groups is 1. The van der Waals surface area contributed by atoms with Gasteiger partial charge in [-0.25, -0.2) is 14.1 Å². The highest BCUT2D eigenvalue weighted by molar-refractivity contribution is 5.71. The normalized spacial score (nSPS) is 18.9. The molecule has 1 N–H and O–H groups in total. The summed E-state index contributed by atoms with van der Waals surface area (Å²) in [5.41, 5.74) is 3.50. The van der Waals surface area contributed by atoms with Gasteiger partial charge in [0.2, 0.25) is 0 Å². The fourth-order valence-corrected chi connectivity index (χ4v) is 3.99. The Morgan fingerprint density at radius 1 is 1.26 bits per heavy atom. The third-order valence-corrected chi connectivity index (χ3v) is 5.40. The summed E-state index contributed by atoms with van der Waals surface area (Å²) < 4.78 is 20.8. The molecule has 7 nitrogen and oxygen atoms in total. The zero-order valence-corrected chi connectivity index (χ0v) is 17.5. The van der Waals surface area contributed by atoms with Crippen LogP contribution in [-0.2, 0) is 16.0 Å². The number of esters is 1. The summed E-state index contributed by atoms with van der Waals surface area (Å²) in [6.45, 7) is 4.12. The van der Waals surface area contributed by atoms with Gasteiger partial charge in [-0.15, -0.1) is 0 Å². The summed E-state index contributed by atoms with van der Waals surface area (Å²) >= 11 is 0. The maximum atomic E-state index is 13.6. The third-order valence-electron chi connectivity index (χ3n) is 5.40. The van der Waals surface area contributed by atoms with Crippen LogP contribution in [0.15, 0.2) is 42.9 Å². The molecule has 0 aliphatic carbocycles. The van der Waals surface area contributed by atoms with Crippen LogP contribution in [0.5, 0.6) is 0 Å². The van der Waals surface area contributed by atoms with Crippen LogP contribution in [0.4, 0.5) is 4.39 Å². The maximum absolute atomic E-state index is 13.6. The van der Waals surface area contributed by atoms with Crippen molar-refractivity contribution in [3.05, 3.63) is 59.9 Å². The van der Waals surface area contributed by atoms with Crippen molar-refractivity contribution in [3.8, 4) is 17.1 Å². The summed E-state index contributed by atoms with van der Waals surface area (Å²) in [5, 5.41) is 14.8. The van der Waals surface area contributed by atoms with Gasteiger partial charge in [0.25, 0.3) is 0 Å². The summed E-state index contributed by atoms with van der Waals surface area (Å²) in [7, 11) is 0. The second kappa shape index (κ2) is 8.93. The van der Waals surface area contributed by atoms with Crippen molar-refractivity contribution in [1.29, 1.82) is 0 Å². The van der Waals surface area contributed by atoms with E-state index in [1.54, 1.807) is 35.4 Å². The number of cyclic esters (lactones) is 1. The zero-order chi connectivity index (χ0) is 22.0. The molecule has 8 heteroatoms. The summed E-state index contributed by atoms with van der Waals surface area (Å²) in [6.07, 6.45) is 5.42. The Kier molecular flexibility index (Phi) is 6.08. The maximum Gasteiger partial charge on any atom is 0.308 e. The van der Waals surface area contributed by atoms with Gasteiger partial charge in [-0.2, -0.15) is 5.10 Å². The lowest BCUT2D eigenvalue weighted by Gasteiger charge is -2.26. The van der Waals surface area contributed by atoms with Crippen molar-refractivity contribution < 1.29 is 19.0 Å². The standard InChI is InChI=1S/C23H25FN4O3/c1-14(2)22-19(8-7-18-11-17(29)12-21(30)31-18)23(15-3-5-16(24)6-4-15)28(27-22)20-13-25-9-10-26-20/h3-6,9-10,13-14,17-18,29H,7-8,11-12H2,1-2H3. The van der Waals surface area contributed by atoms with E-state index in [0.29, 0.717) is 25.1 Å². The number of hydrogen-bond donors (Lipinski definition) is 1. The number of aromatic nitrogens is 4. The van der Waals surface area contributed by atoms with Gasteiger partial charge >= 0.3 is 5.97 Å². The molecule has 2 unspecified atom stereocenters. The van der Waals surface area contributed by atoms with Gasteiger partial charge in [-0.1, -0.05) is 13.8 Å². The second-order valence-corrected chi connectivity index (χ2v) is 8.09. The van der Waals surface area contributed by atoms with Crippen LogP contribution in [0.1, 0.15) is 50.3 Å². The summed E-state index contributed by atoms with van der Waals surface area (Å²) in [5.74, 6) is 0.00557. The minimum Gasteiger partial charge on any atom is -0.462 e. The van der Waals surface area contributed by atoms with Gasteiger partial charge in [0.15, 0.2) is 5.82 Å². The van der Waals surface area contributed by atoms with E-state index in [1.165, 1.54) is 12.1 Å². The molecule has 1 aliphatic heterocycles. The molecule has 0 amide bonds. The Labute approximate surface area is 179 Å². The van der Waals surface area contributed by atoms with E-state index in [4.69, 9.17) is 9.84 Å². The van der Waals surface area contributed by atoms with Gasteiger partial charge in [-0.3, -0.25) is 9.78 Å². The predicted octanol–water partition coefficient (Wildman–Crippen LogP) is 3.59. The van der Waals surface area contributed by atoms with Gasteiger partial charge in [0, 0.05) is 29.9 Å². The first kappa shape index (κ1) is 21.1. The van der Waals surface area contributed by atoms with Crippen LogP contribution in [0.25, 0.3) is 17.1 Å². The van der Waals surface area contributed by atoms with E-state index in [2.05, 4.69) is 23.8 Å². The van der Waals surface area contributed by atoms with Crippen LogP contribution < -0.4 is 0 Å². The van der Waals surface area contributed by atoms with Gasteiger partial charge < -0.3 is 9.84 Å². The first-order valence-electron chi connectivity index (χ1n) is 10.4.